The van der Waals surface area contributed by atoms with Crippen LogP contribution in [0.1, 0.15) is 5.56 Å². The van der Waals surface area contributed by atoms with Gasteiger partial charge in [-0.15, -0.1) is 0 Å². The molecule has 0 saturated heterocycles. The SMILES string of the molecule is O=[N+]([O-])c1cccc(Br)c1Oc1c(F)cccc1CO. The first-order chi connectivity index (χ1) is 9.54. The van der Waals surface area contributed by atoms with Crippen LogP contribution >= 0.6 is 15.9 Å². The fourth-order valence-corrected chi connectivity index (χ4v) is 2.07. The molecule has 0 spiro atoms. The fourth-order valence-electron chi connectivity index (χ4n) is 1.64. The van der Waals surface area contributed by atoms with Crippen molar-refractivity contribution in [3.05, 3.63) is 62.4 Å². The van der Waals surface area contributed by atoms with Gasteiger partial charge in [0.05, 0.1) is 16.0 Å². The van der Waals surface area contributed by atoms with Gasteiger partial charge < -0.3 is 9.84 Å². The molecule has 0 unspecified atom stereocenters. The van der Waals surface area contributed by atoms with Crippen LogP contribution < -0.4 is 4.74 Å². The Morgan fingerprint density at radius 1 is 1.25 bits per heavy atom. The molecule has 0 fully saturated rings. The topological polar surface area (TPSA) is 72.6 Å². The summed E-state index contributed by atoms with van der Waals surface area (Å²) >= 11 is 3.13. The van der Waals surface area contributed by atoms with Crippen LogP contribution in [0.2, 0.25) is 0 Å². The summed E-state index contributed by atoms with van der Waals surface area (Å²) in [5.41, 5.74) is -0.0958. The molecule has 0 heterocycles. The van der Waals surface area contributed by atoms with E-state index in [1.165, 1.54) is 24.3 Å². The molecule has 0 aliphatic heterocycles. The molecular formula is C13H9BrFNO4. The summed E-state index contributed by atoms with van der Waals surface area (Å²) in [7, 11) is 0. The van der Waals surface area contributed by atoms with Crippen LogP contribution in [0, 0.1) is 15.9 Å². The molecule has 20 heavy (non-hydrogen) atoms. The number of nitro benzene ring substituents is 1. The van der Waals surface area contributed by atoms with Crippen molar-refractivity contribution in [1.29, 1.82) is 0 Å². The molecule has 2 aromatic carbocycles. The number of aliphatic hydroxyl groups excluding tert-OH is 1. The minimum Gasteiger partial charge on any atom is -0.445 e. The van der Waals surface area contributed by atoms with E-state index in [1.807, 2.05) is 0 Å². The highest BCUT2D eigenvalue weighted by Gasteiger charge is 2.21. The first-order valence-electron chi connectivity index (χ1n) is 5.53. The molecule has 0 bridgehead atoms. The Bertz CT molecular complexity index is 663. The third-order valence-corrected chi connectivity index (χ3v) is 3.19. The average molecular weight is 342 g/mol. The number of aliphatic hydroxyl groups is 1. The quantitative estimate of drug-likeness (QED) is 0.678. The lowest BCUT2D eigenvalue weighted by molar-refractivity contribution is -0.385. The Hall–Kier alpha value is -1.99. The molecule has 0 aliphatic rings. The molecule has 0 atom stereocenters. The molecular weight excluding hydrogens is 333 g/mol. The number of hydrogen-bond donors (Lipinski definition) is 1. The first-order valence-corrected chi connectivity index (χ1v) is 6.33. The summed E-state index contributed by atoms with van der Waals surface area (Å²) in [5.74, 6) is -1.05. The lowest BCUT2D eigenvalue weighted by Gasteiger charge is -2.12. The number of ether oxygens (including phenoxy) is 1. The van der Waals surface area contributed by atoms with Crippen LogP contribution in [0.15, 0.2) is 40.9 Å². The average Bonchev–Trinajstić information content (AvgIpc) is 2.42. The zero-order valence-corrected chi connectivity index (χ0v) is 11.6. The molecule has 0 saturated carbocycles. The highest BCUT2D eigenvalue weighted by Crippen LogP contribution is 2.39. The van der Waals surface area contributed by atoms with Crippen molar-refractivity contribution in [3.63, 3.8) is 0 Å². The maximum Gasteiger partial charge on any atom is 0.312 e. The van der Waals surface area contributed by atoms with Gasteiger partial charge >= 0.3 is 5.69 Å². The minimum atomic E-state index is -0.707. The van der Waals surface area contributed by atoms with E-state index in [4.69, 9.17) is 4.74 Å². The Kier molecular flexibility index (Phi) is 4.31. The number of halogens is 2. The van der Waals surface area contributed by atoms with E-state index in [2.05, 4.69) is 15.9 Å². The lowest BCUT2D eigenvalue weighted by atomic mass is 10.2. The van der Waals surface area contributed by atoms with E-state index in [1.54, 1.807) is 6.07 Å². The van der Waals surface area contributed by atoms with E-state index in [0.29, 0.717) is 4.47 Å². The van der Waals surface area contributed by atoms with Crippen LogP contribution in [-0.4, -0.2) is 10.0 Å². The zero-order valence-electron chi connectivity index (χ0n) is 10.0. The van der Waals surface area contributed by atoms with Crippen LogP contribution in [0.25, 0.3) is 0 Å². The monoisotopic (exact) mass is 341 g/mol. The maximum atomic E-state index is 13.8. The largest absolute Gasteiger partial charge is 0.445 e. The first kappa shape index (κ1) is 14.4. The van der Waals surface area contributed by atoms with Gasteiger partial charge in [-0.05, 0) is 28.1 Å². The molecule has 2 aromatic rings. The number of para-hydroxylation sites is 2. The third kappa shape index (κ3) is 2.78. The van der Waals surface area contributed by atoms with Gasteiger partial charge in [-0.2, -0.15) is 0 Å². The second-order valence-corrected chi connectivity index (χ2v) is 4.69. The van der Waals surface area contributed by atoms with Gasteiger partial charge in [0.25, 0.3) is 0 Å². The lowest BCUT2D eigenvalue weighted by Crippen LogP contribution is -1.99. The molecule has 104 valence electrons. The molecule has 0 aliphatic carbocycles. The van der Waals surface area contributed by atoms with Crippen molar-refractivity contribution in [2.45, 2.75) is 6.61 Å². The van der Waals surface area contributed by atoms with Gasteiger partial charge in [0.15, 0.2) is 11.6 Å². The standard InChI is InChI=1S/C13H9BrFNO4/c14-9-4-2-6-11(16(18)19)13(9)20-12-8(7-17)3-1-5-10(12)15/h1-6,17H,7H2. The third-order valence-electron chi connectivity index (χ3n) is 2.57. The number of hydrogen-bond acceptors (Lipinski definition) is 4. The molecule has 1 N–H and O–H groups in total. The van der Waals surface area contributed by atoms with Crippen LogP contribution in [0.5, 0.6) is 11.5 Å². The molecule has 0 aromatic heterocycles. The van der Waals surface area contributed by atoms with Gasteiger partial charge in [0.1, 0.15) is 0 Å². The summed E-state index contributed by atoms with van der Waals surface area (Å²) in [6.07, 6.45) is 0. The van der Waals surface area contributed by atoms with Gasteiger partial charge in [0.2, 0.25) is 5.75 Å². The van der Waals surface area contributed by atoms with E-state index in [9.17, 15) is 19.6 Å². The Morgan fingerprint density at radius 2 is 1.95 bits per heavy atom. The van der Waals surface area contributed by atoms with Gasteiger partial charge in [-0.25, -0.2) is 4.39 Å². The van der Waals surface area contributed by atoms with Crippen molar-refractivity contribution in [2.75, 3.05) is 0 Å². The molecule has 0 radical (unpaired) electrons. The van der Waals surface area contributed by atoms with Gasteiger partial charge in [-0.3, -0.25) is 10.1 Å². The number of benzene rings is 2. The Labute approximate surface area is 121 Å². The van der Waals surface area contributed by atoms with Gasteiger partial charge in [0, 0.05) is 11.6 Å². The summed E-state index contributed by atoms with van der Waals surface area (Å²) in [5, 5.41) is 20.1. The summed E-state index contributed by atoms with van der Waals surface area (Å²) in [6.45, 7) is -0.439. The van der Waals surface area contributed by atoms with Crippen molar-refractivity contribution in [2.24, 2.45) is 0 Å². The van der Waals surface area contributed by atoms with E-state index >= 15 is 0 Å². The number of rotatable bonds is 4. The predicted octanol–water partition coefficient (Wildman–Crippen LogP) is 3.78. The zero-order chi connectivity index (χ0) is 14.7. The van der Waals surface area contributed by atoms with E-state index in [0.717, 1.165) is 6.07 Å². The van der Waals surface area contributed by atoms with E-state index in [-0.39, 0.29) is 22.7 Å². The van der Waals surface area contributed by atoms with Crippen LogP contribution in [0.3, 0.4) is 0 Å². The van der Waals surface area contributed by atoms with Gasteiger partial charge in [-0.1, -0.05) is 18.2 Å². The van der Waals surface area contributed by atoms with Crippen molar-refractivity contribution in [1.82, 2.24) is 0 Å². The summed E-state index contributed by atoms with van der Waals surface area (Å²) in [6, 6.07) is 8.31. The molecule has 5 nitrogen and oxygen atoms in total. The summed E-state index contributed by atoms with van der Waals surface area (Å²) in [4.78, 5) is 10.3. The number of nitro groups is 1. The van der Waals surface area contributed by atoms with Crippen molar-refractivity contribution in [3.8, 4) is 11.5 Å². The smallest absolute Gasteiger partial charge is 0.312 e. The van der Waals surface area contributed by atoms with Crippen molar-refractivity contribution < 1.29 is 19.2 Å². The summed E-state index contributed by atoms with van der Waals surface area (Å²) < 4.78 is 19.4. The molecule has 7 heteroatoms. The highest BCUT2D eigenvalue weighted by atomic mass is 79.9. The highest BCUT2D eigenvalue weighted by molar-refractivity contribution is 9.10. The molecule has 0 amide bonds. The minimum absolute atomic E-state index is 0.114. The van der Waals surface area contributed by atoms with Crippen molar-refractivity contribution >= 4 is 21.6 Å². The Morgan fingerprint density at radius 3 is 2.60 bits per heavy atom. The van der Waals surface area contributed by atoms with E-state index < -0.39 is 17.3 Å². The van der Waals surface area contributed by atoms with Crippen LogP contribution in [-0.2, 0) is 6.61 Å². The second kappa shape index (κ2) is 5.98. The maximum absolute atomic E-state index is 13.8. The predicted molar refractivity (Wildman–Crippen MR) is 73.2 cm³/mol. The molecule has 2 rings (SSSR count). The number of nitrogens with zero attached hydrogens (tertiary/aromatic N) is 1. The normalized spacial score (nSPS) is 10.3. The van der Waals surface area contributed by atoms with Crippen LogP contribution in [0.4, 0.5) is 10.1 Å². The second-order valence-electron chi connectivity index (χ2n) is 3.83. The Balaban J connectivity index is 2.53. The fraction of sp³-hybridized carbons (Fsp3) is 0.0769.